The number of hydrazine groups is 1. The Labute approximate surface area is 121 Å². The minimum absolute atomic E-state index is 0.228. The summed E-state index contributed by atoms with van der Waals surface area (Å²) < 4.78 is 0. The molecule has 3 atom stereocenters. The minimum atomic E-state index is 0.228. The van der Waals surface area contributed by atoms with Gasteiger partial charge in [0.25, 0.3) is 0 Å². The van der Waals surface area contributed by atoms with Crippen molar-refractivity contribution in [1.29, 1.82) is 0 Å². The highest BCUT2D eigenvalue weighted by Gasteiger charge is 2.28. The van der Waals surface area contributed by atoms with Crippen molar-refractivity contribution in [1.82, 2.24) is 5.43 Å². The molecule has 3 heteroatoms. The summed E-state index contributed by atoms with van der Waals surface area (Å²) in [5.74, 6) is 7.31. The summed E-state index contributed by atoms with van der Waals surface area (Å²) in [6.07, 6.45) is 6.51. The number of halogens is 1. The Bertz CT molecular complexity index is 399. The maximum atomic E-state index is 6.18. The van der Waals surface area contributed by atoms with Crippen molar-refractivity contribution < 1.29 is 0 Å². The molecule has 19 heavy (non-hydrogen) atoms. The van der Waals surface area contributed by atoms with Crippen molar-refractivity contribution in [2.75, 3.05) is 0 Å². The molecule has 0 amide bonds. The summed E-state index contributed by atoms with van der Waals surface area (Å²) in [5, 5.41) is 0.804. The van der Waals surface area contributed by atoms with Gasteiger partial charge in [0.1, 0.15) is 0 Å². The molecule has 0 bridgehead atoms. The molecule has 1 saturated carbocycles. The molecule has 0 spiro atoms. The van der Waals surface area contributed by atoms with Crippen molar-refractivity contribution >= 4 is 11.6 Å². The largest absolute Gasteiger partial charge is 0.271 e. The van der Waals surface area contributed by atoms with Crippen LogP contribution < -0.4 is 11.3 Å². The fourth-order valence-electron chi connectivity index (χ4n) is 3.45. The lowest BCUT2D eigenvalue weighted by Crippen LogP contribution is -2.35. The van der Waals surface area contributed by atoms with E-state index in [4.69, 9.17) is 17.4 Å². The molecule has 2 nitrogen and oxygen atoms in total. The van der Waals surface area contributed by atoms with Crippen LogP contribution in [0.1, 0.15) is 56.2 Å². The predicted octanol–water partition coefficient (Wildman–Crippen LogP) is 4.37. The van der Waals surface area contributed by atoms with Crippen LogP contribution in [0, 0.1) is 18.8 Å². The molecule has 2 rings (SSSR count). The smallest absolute Gasteiger partial charge is 0.0488 e. The fourth-order valence-corrected chi connectivity index (χ4v) is 3.75. The fraction of sp³-hybridized carbons (Fsp3) is 0.625. The van der Waals surface area contributed by atoms with Gasteiger partial charge in [0.15, 0.2) is 0 Å². The molecule has 1 aliphatic rings. The number of benzene rings is 1. The number of rotatable bonds is 4. The topological polar surface area (TPSA) is 38.0 Å². The lowest BCUT2D eigenvalue weighted by atomic mass is 9.75. The lowest BCUT2D eigenvalue weighted by molar-refractivity contribution is 0.210. The minimum Gasteiger partial charge on any atom is -0.271 e. The van der Waals surface area contributed by atoms with E-state index in [1.165, 1.54) is 43.2 Å². The normalized spacial score (nSPS) is 25.3. The van der Waals surface area contributed by atoms with Crippen molar-refractivity contribution in [3.8, 4) is 0 Å². The van der Waals surface area contributed by atoms with Crippen molar-refractivity contribution in [3.63, 3.8) is 0 Å². The second-order valence-electron chi connectivity index (χ2n) is 5.91. The lowest BCUT2D eigenvalue weighted by Gasteiger charge is -2.34. The quantitative estimate of drug-likeness (QED) is 0.635. The predicted molar refractivity (Wildman–Crippen MR) is 82.0 cm³/mol. The first kappa shape index (κ1) is 14.8. The van der Waals surface area contributed by atoms with Gasteiger partial charge in [-0.15, -0.1) is 0 Å². The van der Waals surface area contributed by atoms with Gasteiger partial charge in [-0.05, 0) is 54.9 Å². The van der Waals surface area contributed by atoms with E-state index in [0.29, 0.717) is 5.92 Å². The first-order chi connectivity index (χ1) is 9.13. The molecular weight excluding hydrogens is 256 g/mol. The molecule has 0 heterocycles. The Balaban J connectivity index is 2.18. The van der Waals surface area contributed by atoms with Crippen LogP contribution in [0.2, 0.25) is 5.02 Å². The highest BCUT2D eigenvalue weighted by Crippen LogP contribution is 2.38. The van der Waals surface area contributed by atoms with E-state index in [1.807, 2.05) is 6.07 Å². The molecule has 0 aliphatic heterocycles. The average molecular weight is 281 g/mol. The zero-order valence-electron chi connectivity index (χ0n) is 12.0. The van der Waals surface area contributed by atoms with E-state index in [9.17, 15) is 0 Å². The molecule has 1 fully saturated rings. The third kappa shape index (κ3) is 3.71. The summed E-state index contributed by atoms with van der Waals surface area (Å²) >= 11 is 6.18. The van der Waals surface area contributed by atoms with E-state index in [1.54, 1.807) is 0 Å². The molecule has 1 aromatic carbocycles. The van der Waals surface area contributed by atoms with Crippen LogP contribution in [0.25, 0.3) is 0 Å². The molecule has 0 aromatic heterocycles. The third-order valence-corrected chi connectivity index (χ3v) is 4.69. The van der Waals surface area contributed by atoms with E-state index in [0.717, 1.165) is 10.9 Å². The number of hydrogen-bond acceptors (Lipinski definition) is 2. The Hall–Kier alpha value is -0.570. The molecule has 106 valence electrons. The van der Waals surface area contributed by atoms with Gasteiger partial charge >= 0.3 is 0 Å². The summed E-state index contributed by atoms with van der Waals surface area (Å²) in [7, 11) is 0. The molecule has 3 N–H and O–H groups in total. The first-order valence-corrected chi connectivity index (χ1v) is 7.75. The van der Waals surface area contributed by atoms with Gasteiger partial charge in [0.05, 0.1) is 0 Å². The van der Waals surface area contributed by atoms with Crippen LogP contribution in [0.5, 0.6) is 0 Å². The maximum Gasteiger partial charge on any atom is 0.0488 e. The monoisotopic (exact) mass is 280 g/mol. The Morgan fingerprint density at radius 2 is 2.16 bits per heavy atom. The van der Waals surface area contributed by atoms with Gasteiger partial charge in [-0.1, -0.05) is 43.9 Å². The number of nitrogens with two attached hydrogens (primary N) is 1. The summed E-state index contributed by atoms with van der Waals surface area (Å²) in [5.41, 5.74) is 5.46. The standard InChI is InChI=1S/C16H25ClN2/c1-3-12-5-4-6-13(9-12)16(19-18)14-7-11(2)8-15(17)10-14/h7-8,10,12-13,16,19H,3-6,9,18H2,1-2H3. The van der Waals surface area contributed by atoms with Gasteiger partial charge in [0, 0.05) is 11.1 Å². The van der Waals surface area contributed by atoms with Crippen LogP contribution in [0.4, 0.5) is 0 Å². The van der Waals surface area contributed by atoms with E-state index >= 15 is 0 Å². The molecular formula is C16H25ClN2. The highest BCUT2D eigenvalue weighted by molar-refractivity contribution is 6.30. The van der Waals surface area contributed by atoms with Gasteiger partial charge in [-0.3, -0.25) is 11.3 Å². The zero-order chi connectivity index (χ0) is 13.8. The Morgan fingerprint density at radius 3 is 2.79 bits per heavy atom. The van der Waals surface area contributed by atoms with Crippen molar-refractivity contribution in [2.45, 2.75) is 52.0 Å². The SMILES string of the molecule is CCC1CCCC(C(NN)c2cc(C)cc(Cl)c2)C1. The van der Waals surface area contributed by atoms with Crippen LogP contribution >= 0.6 is 11.6 Å². The highest BCUT2D eigenvalue weighted by atomic mass is 35.5. The summed E-state index contributed by atoms with van der Waals surface area (Å²) in [6.45, 7) is 4.38. The Kier molecular flexibility index (Phi) is 5.26. The number of nitrogens with one attached hydrogen (secondary N) is 1. The molecule has 3 unspecified atom stereocenters. The van der Waals surface area contributed by atoms with Crippen LogP contribution in [-0.4, -0.2) is 0 Å². The van der Waals surface area contributed by atoms with Crippen LogP contribution in [-0.2, 0) is 0 Å². The third-order valence-electron chi connectivity index (χ3n) is 4.48. The molecule has 1 aromatic rings. The second kappa shape index (κ2) is 6.74. The Morgan fingerprint density at radius 1 is 1.37 bits per heavy atom. The summed E-state index contributed by atoms with van der Waals surface area (Å²) in [6, 6.07) is 6.47. The molecule has 0 saturated heterocycles. The van der Waals surface area contributed by atoms with Gasteiger partial charge in [-0.2, -0.15) is 0 Å². The summed E-state index contributed by atoms with van der Waals surface area (Å²) in [4.78, 5) is 0. The van der Waals surface area contributed by atoms with E-state index in [2.05, 4.69) is 31.4 Å². The number of hydrogen-bond donors (Lipinski definition) is 2. The average Bonchev–Trinajstić information content (AvgIpc) is 2.39. The molecule has 1 aliphatic carbocycles. The zero-order valence-corrected chi connectivity index (χ0v) is 12.7. The van der Waals surface area contributed by atoms with E-state index in [-0.39, 0.29) is 6.04 Å². The van der Waals surface area contributed by atoms with Crippen molar-refractivity contribution in [2.24, 2.45) is 17.7 Å². The maximum absolute atomic E-state index is 6.18. The second-order valence-corrected chi connectivity index (χ2v) is 6.34. The van der Waals surface area contributed by atoms with Crippen LogP contribution in [0.3, 0.4) is 0 Å². The van der Waals surface area contributed by atoms with Gasteiger partial charge in [0.2, 0.25) is 0 Å². The molecule has 0 radical (unpaired) electrons. The first-order valence-electron chi connectivity index (χ1n) is 7.37. The number of aryl methyl sites for hydroxylation is 1. The van der Waals surface area contributed by atoms with E-state index < -0.39 is 0 Å². The van der Waals surface area contributed by atoms with Gasteiger partial charge < -0.3 is 0 Å². The van der Waals surface area contributed by atoms with Crippen LogP contribution in [0.15, 0.2) is 18.2 Å². The van der Waals surface area contributed by atoms with Crippen molar-refractivity contribution in [3.05, 3.63) is 34.3 Å². The van der Waals surface area contributed by atoms with Gasteiger partial charge in [-0.25, -0.2) is 0 Å².